The summed E-state index contributed by atoms with van der Waals surface area (Å²) in [6.45, 7) is 10.1. The minimum Gasteiger partial charge on any atom is -0.373 e. The fourth-order valence-electron chi connectivity index (χ4n) is 3.32. The van der Waals surface area contributed by atoms with Crippen LogP contribution < -0.4 is 9.80 Å². The molecule has 0 radical (unpaired) electrons. The molecule has 0 aromatic carbocycles. The lowest BCUT2D eigenvalue weighted by atomic mass is 10.1. The van der Waals surface area contributed by atoms with E-state index in [-0.39, 0.29) is 5.56 Å². The van der Waals surface area contributed by atoms with Gasteiger partial charge in [-0.1, -0.05) is 27.7 Å². The SMILES string of the molecule is CC.CC.CN1CCCc2ncc(C(F)F)cc21.CN1CCCc2ncccc21. The van der Waals surface area contributed by atoms with E-state index >= 15 is 0 Å². The van der Waals surface area contributed by atoms with Gasteiger partial charge in [-0.25, -0.2) is 8.78 Å². The van der Waals surface area contributed by atoms with Crippen LogP contribution in [0.1, 0.15) is 63.9 Å². The second kappa shape index (κ2) is 13.1. The molecule has 0 unspecified atom stereocenters. The van der Waals surface area contributed by atoms with Crippen LogP contribution in [0.2, 0.25) is 0 Å². The lowest BCUT2D eigenvalue weighted by molar-refractivity contribution is 0.151. The molecular weight excluding hydrogens is 370 g/mol. The van der Waals surface area contributed by atoms with Crippen molar-refractivity contribution in [2.45, 2.75) is 59.8 Å². The molecule has 0 bridgehead atoms. The maximum Gasteiger partial charge on any atom is 0.265 e. The van der Waals surface area contributed by atoms with Gasteiger partial charge in [-0.05, 0) is 43.9 Å². The molecule has 2 aromatic rings. The highest BCUT2D eigenvalue weighted by Gasteiger charge is 2.17. The number of nitrogens with zero attached hydrogens (tertiary/aromatic N) is 4. The van der Waals surface area contributed by atoms with Gasteiger partial charge in [-0.3, -0.25) is 9.97 Å². The lowest BCUT2D eigenvalue weighted by Gasteiger charge is -2.26. The molecule has 0 fully saturated rings. The minimum absolute atomic E-state index is 0.0116. The molecular formula is C23H36F2N4. The zero-order valence-corrected chi connectivity index (χ0v) is 18.8. The predicted molar refractivity (Wildman–Crippen MR) is 119 cm³/mol. The first-order valence-electron chi connectivity index (χ1n) is 10.7. The highest BCUT2D eigenvalue weighted by atomic mass is 19.3. The number of aryl methyl sites for hydroxylation is 2. The van der Waals surface area contributed by atoms with E-state index in [0.717, 1.165) is 37.2 Å². The van der Waals surface area contributed by atoms with Crippen molar-refractivity contribution in [3.05, 3.63) is 47.5 Å². The zero-order valence-electron chi connectivity index (χ0n) is 18.8. The van der Waals surface area contributed by atoms with Crippen LogP contribution in [0.25, 0.3) is 0 Å². The average Bonchev–Trinajstić information content (AvgIpc) is 2.77. The van der Waals surface area contributed by atoms with E-state index < -0.39 is 6.43 Å². The van der Waals surface area contributed by atoms with Gasteiger partial charge < -0.3 is 9.80 Å². The topological polar surface area (TPSA) is 32.3 Å². The Hall–Kier alpha value is -2.24. The van der Waals surface area contributed by atoms with Crippen LogP contribution in [0.15, 0.2) is 30.6 Å². The molecule has 0 saturated carbocycles. The van der Waals surface area contributed by atoms with Gasteiger partial charge in [0, 0.05) is 45.1 Å². The van der Waals surface area contributed by atoms with Crippen LogP contribution in [0.3, 0.4) is 0 Å². The Morgan fingerprint density at radius 1 is 0.862 bits per heavy atom. The molecule has 4 heterocycles. The maximum absolute atomic E-state index is 12.4. The molecule has 4 rings (SSSR count). The van der Waals surface area contributed by atoms with Crippen molar-refractivity contribution >= 4 is 11.4 Å². The van der Waals surface area contributed by atoms with E-state index in [0.29, 0.717) is 0 Å². The molecule has 0 saturated heterocycles. The Balaban J connectivity index is 0.000000252. The van der Waals surface area contributed by atoms with Crippen molar-refractivity contribution in [2.75, 3.05) is 37.0 Å². The van der Waals surface area contributed by atoms with Gasteiger partial charge in [-0.2, -0.15) is 0 Å². The average molecular weight is 407 g/mol. The molecule has 29 heavy (non-hydrogen) atoms. The van der Waals surface area contributed by atoms with Crippen molar-refractivity contribution in [3.63, 3.8) is 0 Å². The quantitative estimate of drug-likeness (QED) is 0.589. The van der Waals surface area contributed by atoms with Crippen molar-refractivity contribution in [2.24, 2.45) is 0 Å². The van der Waals surface area contributed by atoms with E-state index in [4.69, 9.17) is 0 Å². The fourth-order valence-corrected chi connectivity index (χ4v) is 3.32. The minimum atomic E-state index is -2.43. The molecule has 2 aliphatic heterocycles. The number of alkyl halides is 2. The van der Waals surface area contributed by atoms with Crippen molar-refractivity contribution in [1.82, 2.24) is 9.97 Å². The van der Waals surface area contributed by atoms with Gasteiger partial charge in [0.2, 0.25) is 0 Å². The van der Waals surface area contributed by atoms with E-state index in [1.807, 2.05) is 51.9 Å². The molecule has 0 atom stereocenters. The Labute approximate surface area is 175 Å². The summed E-state index contributed by atoms with van der Waals surface area (Å²) in [6, 6.07) is 5.69. The highest BCUT2D eigenvalue weighted by molar-refractivity contribution is 5.53. The lowest BCUT2D eigenvalue weighted by Crippen LogP contribution is -2.25. The summed E-state index contributed by atoms with van der Waals surface area (Å²) in [6.07, 6.45) is 5.04. The normalized spacial score (nSPS) is 14.2. The van der Waals surface area contributed by atoms with Crippen LogP contribution in [0, 0.1) is 0 Å². The van der Waals surface area contributed by atoms with Crippen molar-refractivity contribution in [1.29, 1.82) is 0 Å². The van der Waals surface area contributed by atoms with Gasteiger partial charge in [0.25, 0.3) is 6.43 Å². The van der Waals surface area contributed by atoms with Crippen LogP contribution in [-0.4, -0.2) is 37.2 Å². The fraction of sp³-hybridized carbons (Fsp3) is 0.565. The number of hydrogen-bond donors (Lipinski definition) is 0. The third kappa shape index (κ3) is 6.94. The van der Waals surface area contributed by atoms with E-state index in [9.17, 15) is 8.78 Å². The third-order valence-electron chi connectivity index (χ3n) is 4.72. The first-order chi connectivity index (χ1) is 14.1. The second-order valence-corrected chi connectivity index (χ2v) is 6.55. The molecule has 0 spiro atoms. The summed E-state index contributed by atoms with van der Waals surface area (Å²) in [7, 11) is 4.04. The van der Waals surface area contributed by atoms with Crippen molar-refractivity contribution < 1.29 is 8.78 Å². The van der Waals surface area contributed by atoms with E-state index in [2.05, 4.69) is 28.0 Å². The zero-order chi connectivity index (χ0) is 21.8. The van der Waals surface area contributed by atoms with Crippen LogP contribution in [-0.2, 0) is 12.8 Å². The largest absolute Gasteiger partial charge is 0.373 e. The van der Waals surface area contributed by atoms with Gasteiger partial charge in [0.05, 0.1) is 22.8 Å². The molecule has 2 aliphatic rings. The van der Waals surface area contributed by atoms with Gasteiger partial charge in [0.1, 0.15) is 0 Å². The number of hydrogen-bond acceptors (Lipinski definition) is 4. The van der Waals surface area contributed by atoms with E-state index in [1.54, 1.807) is 6.07 Å². The molecule has 0 amide bonds. The number of rotatable bonds is 1. The van der Waals surface area contributed by atoms with Crippen molar-refractivity contribution in [3.8, 4) is 0 Å². The Bertz CT molecular complexity index is 722. The highest BCUT2D eigenvalue weighted by Crippen LogP contribution is 2.28. The monoisotopic (exact) mass is 406 g/mol. The number of pyridine rings is 2. The van der Waals surface area contributed by atoms with E-state index in [1.165, 1.54) is 30.5 Å². The van der Waals surface area contributed by atoms with Gasteiger partial charge in [0.15, 0.2) is 0 Å². The molecule has 0 N–H and O–H groups in total. The Kier molecular flexibility index (Phi) is 11.2. The summed E-state index contributed by atoms with van der Waals surface area (Å²) in [4.78, 5) is 12.7. The number of aromatic nitrogens is 2. The van der Waals surface area contributed by atoms with Crippen LogP contribution in [0.4, 0.5) is 20.2 Å². The van der Waals surface area contributed by atoms with Gasteiger partial charge in [-0.15, -0.1) is 0 Å². The summed E-state index contributed by atoms with van der Waals surface area (Å²) in [5, 5.41) is 0. The standard InChI is InChI=1S/C10H12F2N2.C9H12N2.2C2H6/c1-14-4-2-3-8-9(14)5-7(6-13-8)10(11)12;1-11-7-3-4-8-9(11)5-2-6-10-8;2*1-2/h5-6,10H,2-4H2,1H3;2,5-6H,3-4,7H2,1H3;2*1-2H3. The molecule has 0 aliphatic carbocycles. The summed E-state index contributed by atoms with van der Waals surface area (Å²) >= 11 is 0. The Morgan fingerprint density at radius 3 is 1.97 bits per heavy atom. The summed E-state index contributed by atoms with van der Waals surface area (Å²) in [5.41, 5.74) is 4.36. The molecule has 4 nitrogen and oxygen atoms in total. The number of halogens is 2. The third-order valence-corrected chi connectivity index (χ3v) is 4.72. The number of fused-ring (bicyclic) bond motifs is 2. The smallest absolute Gasteiger partial charge is 0.265 e. The first-order valence-corrected chi connectivity index (χ1v) is 10.7. The summed E-state index contributed by atoms with van der Waals surface area (Å²) < 4.78 is 24.8. The maximum atomic E-state index is 12.4. The van der Waals surface area contributed by atoms with Crippen LogP contribution in [0.5, 0.6) is 0 Å². The first kappa shape index (κ1) is 24.8. The second-order valence-electron chi connectivity index (χ2n) is 6.55. The molecule has 162 valence electrons. The molecule has 2 aromatic heterocycles. The summed E-state index contributed by atoms with van der Waals surface area (Å²) in [5.74, 6) is 0. The molecule has 6 heteroatoms. The number of anilines is 2. The Morgan fingerprint density at radius 2 is 1.41 bits per heavy atom. The predicted octanol–water partition coefficient (Wildman–Crippen LogP) is 5.92. The van der Waals surface area contributed by atoms with Crippen LogP contribution >= 0.6 is 0 Å². The van der Waals surface area contributed by atoms with Gasteiger partial charge >= 0.3 is 0 Å².